The average molecular weight is 236 g/mol. The van der Waals surface area contributed by atoms with Crippen LogP contribution in [0.3, 0.4) is 0 Å². The maximum absolute atomic E-state index is 11.7. The van der Waals surface area contributed by atoms with E-state index in [1.54, 1.807) is 13.0 Å². The van der Waals surface area contributed by atoms with Crippen molar-refractivity contribution in [3.63, 3.8) is 0 Å². The first-order valence-corrected chi connectivity index (χ1v) is 5.03. The molecule has 0 aliphatic heterocycles. The first kappa shape index (κ1) is 11.2. The second kappa shape index (κ2) is 4.28. The van der Waals surface area contributed by atoms with Gasteiger partial charge in [0.25, 0.3) is 5.91 Å². The predicted octanol–water partition coefficient (Wildman–Crippen LogP) is 1.04. The molecule has 0 aromatic carbocycles. The van der Waals surface area contributed by atoms with Gasteiger partial charge < -0.3 is 15.5 Å². The maximum atomic E-state index is 11.7. The van der Waals surface area contributed by atoms with Crippen LogP contribution < -0.4 is 11.1 Å². The molecule has 1 amide bonds. The van der Waals surface area contributed by atoms with Gasteiger partial charge in [-0.15, -0.1) is 0 Å². The highest BCUT2D eigenvalue weighted by Crippen LogP contribution is 2.16. The quantitative estimate of drug-likeness (QED) is 0.824. The smallest absolute Gasteiger partial charge is 0.278 e. The Balaban J connectivity index is 2.07. The molecule has 90 valence electrons. The SMILES string of the molecule is Cc1ccc(C(C)NC(=O)c2nonc2N)o1. The summed E-state index contributed by atoms with van der Waals surface area (Å²) < 4.78 is 9.74. The number of carbonyl (C=O) groups is 1. The lowest BCUT2D eigenvalue weighted by Gasteiger charge is -2.09. The van der Waals surface area contributed by atoms with Crippen molar-refractivity contribution in [3.05, 3.63) is 29.3 Å². The molecule has 0 bridgehead atoms. The van der Waals surface area contributed by atoms with Crippen LogP contribution in [0.15, 0.2) is 21.2 Å². The zero-order chi connectivity index (χ0) is 12.4. The molecule has 2 heterocycles. The molecular formula is C10H12N4O3. The molecule has 0 spiro atoms. The molecule has 0 saturated carbocycles. The lowest BCUT2D eigenvalue weighted by molar-refractivity contribution is 0.0926. The number of nitrogens with zero attached hydrogens (tertiary/aromatic N) is 2. The van der Waals surface area contributed by atoms with Crippen molar-refractivity contribution in [2.45, 2.75) is 19.9 Å². The largest absolute Gasteiger partial charge is 0.464 e. The molecule has 17 heavy (non-hydrogen) atoms. The van der Waals surface area contributed by atoms with Crippen LogP contribution in [0.5, 0.6) is 0 Å². The predicted molar refractivity (Wildman–Crippen MR) is 58.0 cm³/mol. The summed E-state index contributed by atoms with van der Waals surface area (Å²) in [6.07, 6.45) is 0. The third kappa shape index (κ3) is 2.27. The van der Waals surface area contributed by atoms with E-state index >= 15 is 0 Å². The number of amides is 1. The molecule has 0 saturated heterocycles. The summed E-state index contributed by atoms with van der Waals surface area (Å²) >= 11 is 0. The molecule has 0 radical (unpaired) electrons. The Morgan fingerprint density at radius 2 is 2.24 bits per heavy atom. The van der Waals surface area contributed by atoms with E-state index in [1.807, 2.05) is 13.0 Å². The van der Waals surface area contributed by atoms with E-state index in [2.05, 4.69) is 20.3 Å². The summed E-state index contributed by atoms with van der Waals surface area (Å²) in [7, 11) is 0. The van der Waals surface area contributed by atoms with Gasteiger partial charge in [-0.25, -0.2) is 4.63 Å². The number of nitrogen functional groups attached to an aromatic ring is 1. The number of carbonyl (C=O) groups excluding carboxylic acids is 1. The van der Waals surface area contributed by atoms with Gasteiger partial charge >= 0.3 is 0 Å². The van der Waals surface area contributed by atoms with Crippen LogP contribution in [0.25, 0.3) is 0 Å². The molecule has 1 atom stereocenters. The highest BCUT2D eigenvalue weighted by molar-refractivity contribution is 5.96. The minimum absolute atomic E-state index is 0.0277. The van der Waals surface area contributed by atoms with Crippen LogP contribution in [0.4, 0.5) is 5.82 Å². The number of nitrogens with one attached hydrogen (secondary N) is 1. The summed E-state index contributed by atoms with van der Waals surface area (Å²) in [5, 5.41) is 9.42. The number of aryl methyl sites for hydroxylation is 1. The molecular weight excluding hydrogens is 224 g/mol. The van der Waals surface area contributed by atoms with Gasteiger partial charge in [0, 0.05) is 0 Å². The van der Waals surface area contributed by atoms with Gasteiger partial charge in [-0.05, 0) is 36.3 Å². The van der Waals surface area contributed by atoms with Gasteiger partial charge in [-0.3, -0.25) is 4.79 Å². The highest BCUT2D eigenvalue weighted by atomic mass is 16.6. The van der Waals surface area contributed by atoms with Crippen LogP contribution >= 0.6 is 0 Å². The topological polar surface area (TPSA) is 107 Å². The molecule has 0 fully saturated rings. The summed E-state index contributed by atoms with van der Waals surface area (Å²) in [5.74, 6) is 0.949. The van der Waals surface area contributed by atoms with E-state index < -0.39 is 5.91 Å². The number of furan rings is 1. The van der Waals surface area contributed by atoms with Crippen LogP contribution in [0, 0.1) is 6.92 Å². The summed E-state index contributed by atoms with van der Waals surface area (Å²) in [4.78, 5) is 11.7. The Hall–Kier alpha value is -2.31. The number of aromatic nitrogens is 2. The van der Waals surface area contributed by atoms with Crippen molar-refractivity contribution in [1.29, 1.82) is 0 Å². The fourth-order valence-corrected chi connectivity index (χ4v) is 1.38. The average Bonchev–Trinajstić information content (AvgIpc) is 2.86. The van der Waals surface area contributed by atoms with E-state index in [4.69, 9.17) is 10.2 Å². The molecule has 0 aliphatic rings. The van der Waals surface area contributed by atoms with Crippen molar-refractivity contribution < 1.29 is 13.8 Å². The standard InChI is InChI=1S/C10H12N4O3/c1-5-3-4-7(16-5)6(2)12-10(15)8-9(11)14-17-13-8/h3-4,6H,1-2H3,(H2,11,14)(H,12,15). The maximum Gasteiger partial charge on any atom is 0.278 e. The minimum Gasteiger partial charge on any atom is -0.464 e. The molecule has 7 heteroatoms. The molecule has 0 aliphatic carbocycles. The zero-order valence-electron chi connectivity index (χ0n) is 9.43. The number of hydrogen-bond donors (Lipinski definition) is 2. The van der Waals surface area contributed by atoms with Gasteiger partial charge in [0.2, 0.25) is 11.5 Å². The molecule has 7 nitrogen and oxygen atoms in total. The summed E-state index contributed by atoms with van der Waals surface area (Å²) in [6, 6.07) is 3.33. The van der Waals surface area contributed by atoms with Gasteiger partial charge in [0.05, 0.1) is 6.04 Å². The van der Waals surface area contributed by atoms with Gasteiger partial charge in [0.15, 0.2) is 0 Å². The fourth-order valence-electron chi connectivity index (χ4n) is 1.38. The lowest BCUT2D eigenvalue weighted by Crippen LogP contribution is -2.27. The molecule has 2 rings (SSSR count). The Morgan fingerprint density at radius 1 is 1.47 bits per heavy atom. The van der Waals surface area contributed by atoms with Crippen molar-refractivity contribution in [2.24, 2.45) is 0 Å². The number of hydrogen-bond acceptors (Lipinski definition) is 6. The van der Waals surface area contributed by atoms with Crippen LogP contribution in [-0.4, -0.2) is 16.2 Å². The van der Waals surface area contributed by atoms with Gasteiger partial charge in [-0.1, -0.05) is 0 Å². The summed E-state index contributed by atoms with van der Waals surface area (Å²) in [5.41, 5.74) is 5.38. The number of anilines is 1. The first-order valence-electron chi connectivity index (χ1n) is 5.03. The van der Waals surface area contributed by atoms with Crippen molar-refractivity contribution >= 4 is 11.7 Å². The number of nitrogens with two attached hydrogens (primary N) is 1. The summed E-state index contributed by atoms with van der Waals surface area (Å²) in [6.45, 7) is 3.62. The van der Waals surface area contributed by atoms with E-state index in [-0.39, 0.29) is 17.6 Å². The second-order valence-electron chi connectivity index (χ2n) is 3.64. The van der Waals surface area contributed by atoms with Crippen LogP contribution in [0.1, 0.15) is 35.0 Å². The zero-order valence-corrected chi connectivity index (χ0v) is 9.43. The Morgan fingerprint density at radius 3 is 2.76 bits per heavy atom. The Bertz CT molecular complexity index is 531. The van der Waals surface area contributed by atoms with Gasteiger partial charge in [0.1, 0.15) is 11.5 Å². The third-order valence-corrected chi connectivity index (χ3v) is 2.26. The van der Waals surface area contributed by atoms with Crippen molar-refractivity contribution in [2.75, 3.05) is 5.73 Å². The first-order chi connectivity index (χ1) is 8.08. The van der Waals surface area contributed by atoms with Gasteiger partial charge in [-0.2, -0.15) is 0 Å². The van der Waals surface area contributed by atoms with Crippen molar-refractivity contribution in [1.82, 2.24) is 15.6 Å². The van der Waals surface area contributed by atoms with E-state index in [9.17, 15) is 4.79 Å². The van der Waals surface area contributed by atoms with Crippen LogP contribution in [-0.2, 0) is 0 Å². The van der Waals surface area contributed by atoms with Crippen LogP contribution in [0.2, 0.25) is 0 Å². The Labute approximate surface area is 96.9 Å². The Kier molecular flexibility index (Phi) is 2.82. The molecule has 2 aromatic rings. The minimum atomic E-state index is -0.453. The molecule has 3 N–H and O–H groups in total. The third-order valence-electron chi connectivity index (χ3n) is 2.26. The highest BCUT2D eigenvalue weighted by Gasteiger charge is 2.19. The molecule has 1 unspecified atom stereocenters. The van der Waals surface area contributed by atoms with Crippen molar-refractivity contribution in [3.8, 4) is 0 Å². The lowest BCUT2D eigenvalue weighted by atomic mass is 10.2. The fraction of sp³-hybridized carbons (Fsp3) is 0.300. The molecule has 2 aromatic heterocycles. The van der Waals surface area contributed by atoms with E-state index in [1.165, 1.54) is 0 Å². The number of rotatable bonds is 3. The van der Waals surface area contributed by atoms with E-state index in [0.717, 1.165) is 5.76 Å². The second-order valence-corrected chi connectivity index (χ2v) is 3.64. The van der Waals surface area contributed by atoms with E-state index in [0.29, 0.717) is 5.76 Å². The monoisotopic (exact) mass is 236 g/mol. The normalized spacial score (nSPS) is 12.4.